The molecule has 0 aliphatic heterocycles. The summed E-state index contributed by atoms with van der Waals surface area (Å²) in [5, 5.41) is 0.486. The molecule has 0 saturated heterocycles. The van der Waals surface area contributed by atoms with Gasteiger partial charge in [0.2, 0.25) is 5.91 Å². The molecule has 0 aliphatic rings. The Kier molecular flexibility index (Phi) is 4.50. The van der Waals surface area contributed by atoms with E-state index in [1.165, 1.54) is 11.8 Å². The van der Waals surface area contributed by atoms with Crippen molar-refractivity contribution in [2.45, 2.75) is 18.7 Å². The maximum Gasteiger partial charge on any atom is 0.249 e. The number of rotatable bonds is 4. The minimum absolute atomic E-state index is 0.399. The van der Waals surface area contributed by atoms with Crippen molar-refractivity contribution < 1.29 is 4.79 Å². The van der Waals surface area contributed by atoms with E-state index in [9.17, 15) is 4.79 Å². The highest BCUT2D eigenvalue weighted by Gasteiger charge is 2.14. The molecular weight excluding hydrogens is 244 g/mol. The van der Waals surface area contributed by atoms with Crippen LogP contribution in [0.2, 0.25) is 5.02 Å². The monoisotopic (exact) mass is 258 g/mol. The zero-order chi connectivity index (χ0) is 12.3. The molecule has 0 saturated carbocycles. The molecule has 0 heterocycles. The highest BCUT2D eigenvalue weighted by Crippen LogP contribution is 2.33. The molecule has 1 aromatic carbocycles. The van der Waals surface area contributed by atoms with Crippen molar-refractivity contribution >= 4 is 35.0 Å². The smallest absolute Gasteiger partial charge is 0.249 e. The molecule has 1 rings (SSSR count). The van der Waals surface area contributed by atoms with Gasteiger partial charge in [0.25, 0.3) is 0 Å². The van der Waals surface area contributed by atoms with E-state index >= 15 is 0 Å². The van der Waals surface area contributed by atoms with E-state index in [-0.39, 0.29) is 0 Å². The van der Waals surface area contributed by atoms with Gasteiger partial charge in [-0.25, -0.2) is 0 Å². The highest BCUT2D eigenvalue weighted by molar-refractivity contribution is 7.99. The van der Waals surface area contributed by atoms with Crippen LogP contribution in [0.15, 0.2) is 17.0 Å². The van der Waals surface area contributed by atoms with Crippen LogP contribution in [0, 0.1) is 5.92 Å². The first kappa shape index (κ1) is 13.2. The van der Waals surface area contributed by atoms with Gasteiger partial charge in [0.1, 0.15) is 0 Å². The Bertz CT molecular complexity index is 407. The second-order valence-electron chi connectivity index (χ2n) is 3.95. The molecule has 88 valence electrons. The third-order valence-electron chi connectivity index (χ3n) is 1.89. The molecule has 0 unspecified atom stereocenters. The number of nitrogens with two attached hydrogens (primary N) is 2. The number of thioether (sulfide) groups is 1. The molecule has 16 heavy (non-hydrogen) atoms. The molecule has 0 fully saturated rings. The summed E-state index contributed by atoms with van der Waals surface area (Å²) in [6.07, 6.45) is 0. The van der Waals surface area contributed by atoms with Crippen molar-refractivity contribution in [3.8, 4) is 0 Å². The summed E-state index contributed by atoms with van der Waals surface area (Å²) in [6, 6.07) is 3.20. The van der Waals surface area contributed by atoms with Gasteiger partial charge in [-0.15, -0.1) is 11.8 Å². The van der Waals surface area contributed by atoms with Crippen LogP contribution in [0.5, 0.6) is 0 Å². The summed E-state index contributed by atoms with van der Waals surface area (Å²) in [5.41, 5.74) is 11.8. The van der Waals surface area contributed by atoms with E-state index in [0.717, 1.165) is 10.6 Å². The van der Waals surface area contributed by atoms with Crippen molar-refractivity contribution in [2.24, 2.45) is 11.7 Å². The van der Waals surface area contributed by atoms with Gasteiger partial charge in [-0.3, -0.25) is 4.79 Å². The summed E-state index contributed by atoms with van der Waals surface area (Å²) in [4.78, 5) is 12.0. The van der Waals surface area contributed by atoms with E-state index in [0.29, 0.717) is 22.2 Å². The molecule has 0 radical (unpaired) electrons. The number of anilines is 1. The van der Waals surface area contributed by atoms with Gasteiger partial charge in [0.05, 0.1) is 10.6 Å². The van der Waals surface area contributed by atoms with Crippen LogP contribution < -0.4 is 11.5 Å². The number of primary amides is 1. The van der Waals surface area contributed by atoms with Crippen LogP contribution in [-0.2, 0) is 0 Å². The number of hydrogen-bond acceptors (Lipinski definition) is 3. The van der Waals surface area contributed by atoms with Gasteiger partial charge in [-0.1, -0.05) is 25.4 Å². The van der Waals surface area contributed by atoms with Crippen LogP contribution in [-0.4, -0.2) is 11.7 Å². The van der Waals surface area contributed by atoms with Gasteiger partial charge >= 0.3 is 0 Å². The summed E-state index contributed by atoms with van der Waals surface area (Å²) in [7, 11) is 0. The first-order valence-corrected chi connectivity index (χ1v) is 6.29. The Balaban J connectivity index is 3.09. The molecule has 5 heteroatoms. The summed E-state index contributed by atoms with van der Waals surface area (Å²) in [6.45, 7) is 4.20. The summed E-state index contributed by atoms with van der Waals surface area (Å²) < 4.78 is 0. The Morgan fingerprint density at radius 3 is 2.62 bits per heavy atom. The Morgan fingerprint density at radius 2 is 2.12 bits per heavy atom. The normalized spacial score (nSPS) is 10.8. The second kappa shape index (κ2) is 5.46. The van der Waals surface area contributed by atoms with Gasteiger partial charge in [-0.2, -0.15) is 0 Å². The zero-order valence-electron chi connectivity index (χ0n) is 9.29. The van der Waals surface area contributed by atoms with Crippen LogP contribution in [0.4, 0.5) is 5.69 Å². The number of hydrogen-bond donors (Lipinski definition) is 2. The minimum atomic E-state index is -0.500. The lowest BCUT2D eigenvalue weighted by atomic mass is 10.2. The molecular formula is C11H15ClN2OS. The zero-order valence-corrected chi connectivity index (χ0v) is 10.9. The fraction of sp³-hybridized carbons (Fsp3) is 0.364. The summed E-state index contributed by atoms with van der Waals surface area (Å²) in [5.74, 6) is 0.893. The Morgan fingerprint density at radius 1 is 1.50 bits per heavy atom. The summed E-state index contributed by atoms with van der Waals surface area (Å²) >= 11 is 7.58. The van der Waals surface area contributed by atoms with E-state index in [2.05, 4.69) is 13.8 Å². The lowest BCUT2D eigenvalue weighted by Gasteiger charge is -2.11. The largest absolute Gasteiger partial charge is 0.399 e. The lowest BCUT2D eigenvalue weighted by Crippen LogP contribution is -2.13. The van der Waals surface area contributed by atoms with Crippen molar-refractivity contribution in [1.29, 1.82) is 0 Å². The molecule has 1 aromatic rings. The Hall–Kier alpha value is -0.870. The number of carbonyl (C=O) groups is 1. The predicted octanol–water partition coefficient (Wildman–Crippen LogP) is 2.77. The number of benzene rings is 1. The van der Waals surface area contributed by atoms with Gasteiger partial charge in [-0.05, 0) is 18.1 Å². The standard InChI is InChI=1S/C11H15ClN2OS/c1-6(2)5-16-10-8(11(14)15)3-7(13)4-9(10)12/h3-4,6H,5,13H2,1-2H3,(H2,14,15). The van der Waals surface area contributed by atoms with Crippen molar-refractivity contribution in [3.05, 3.63) is 22.7 Å². The highest BCUT2D eigenvalue weighted by atomic mass is 35.5. The molecule has 0 aromatic heterocycles. The van der Waals surface area contributed by atoms with E-state index in [1.807, 2.05) is 0 Å². The SMILES string of the molecule is CC(C)CSc1c(Cl)cc(N)cc1C(N)=O. The minimum Gasteiger partial charge on any atom is -0.399 e. The van der Waals surface area contributed by atoms with Crippen molar-refractivity contribution in [3.63, 3.8) is 0 Å². The molecule has 0 aliphatic carbocycles. The quantitative estimate of drug-likeness (QED) is 0.645. The van der Waals surface area contributed by atoms with Crippen molar-refractivity contribution in [1.82, 2.24) is 0 Å². The average molecular weight is 259 g/mol. The van der Waals surface area contributed by atoms with E-state index < -0.39 is 5.91 Å². The second-order valence-corrected chi connectivity index (χ2v) is 5.39. The number of halogens is 1. The number of amides is 1. The topological polar surface area (TPSA) is 69.1 Å². The van der Waals surface area contributed by atoms with Crippen LogP contribution in [0.25, 0.3) is 0 Å². The van der Waals surface area contributed by atoms with Crippen LogP contribution in [0.1, 0.15) is 24.2 Å². The van der Waals surface area contributed by atoms with Gasteiger partial charge in [0.15, 0.2) is 0 Å². The number of nitrogen functional groups attached to an aromatic ring is 1. The van der Waals surface area contributed by atoms with Crippen molar-refractivity contribution in [2.75, 3.05) is 11.5 Å². The third kappa shape index (κ3) is 3.32. The lowest BCUT2D eigenvalue weighted by molar-refractivity contribution is 0.0997. The van der Waals surface area contributed by atoms with Gasteiger partial charge in [0, 0.05) is 16.3 Å². The maximum atomic E-state index is 11.3. The number of carbonyl (C=O) groups excluding carboxylic acids is 1. The van der Waals surface area contributed by atoms with Crippen LogP contribution >= 0.6 is 23.4 Å². The fourth-order valence-electron chi connectivity index (χ4n) is 1.19. The maximum absolute atomic E-state index is 11.3. The van der Waals surface area contributed by atoms with Gasteiger partial charge < -0.3 is 11.5 Å². The van der Waals surface area contributed by atoms with Crippen LogP contribution in [0.3, 0.4) is 0 Å². The first-order valence-electron chi connectivity index (χ1n) is 4.93. The fourth-order valence-corrected chi connectivity index (χ4v) is 2.60. The molecule has 0 bridgehead atoms. The molecule has 0 spiro atoms. The molecule has 3 nitrogen and oxygen atoms in total. The van der Waals surface area contributed by atoms with E-state index in [4.69, 9.17) is 23.1 Å². The molecule has 1 amide bonds. The third-order valence-corrected chi connectivity index (χ3v) is 3.86. The predicted molar refractivity (Wildman–Crippen MR) is 69.9 cm³/mol. The average Bonchev–Trinajstić information content (AvgIpc) is 2.14. The Labute approximate surface area is 105 Å². The molecule has 4 N–H and O–H groups in total. The molecule has 0 atom stereocenters. The van der Waals surface area contributed by atoms with E-state index in [1.54, 1.807) is 12.1 Å². The first-order chi connectivity index (χ1) is 7.41.